The first-order chi connectivity index (χ1) is 12.5. The van der Waals surface area contributed by atoms with Crippen molar-refractivity contribution in [3.05, 3.63) is 70.9 Å². The highest BCUT2D eigenvalue weighted by Crippen LogP contribution is 2.26. The summed E-state index contributed by atoms with van der Waals surface area (Å²) in [6.45, 7) is 4.06. The summed E-state index contributed by atoms with van der Waals surface area (Å²) in [7, 11) is 0. The van der Waals surface area contributed by atoms with Gasteiger partial charge in [-0.3, -0.25) is 4.79 Å². The SMILES string of the molecule is Cc1[nH]c2ccc(C(=O)Nc3cc(Cl)ccc3-n3cncn3)cc2c1C. The van der Waals surface area contributed by atoms with E-state index >= 15 is 0 Å². The number of carbonyl (C=O) groups is 1. The van der Waals surface area contributed by atoms with E-state index in [9.17, 15) is 4.79 Å². The largest absolute Gasteiger partial charge is 0.358 e. The predicted molar refractivity (Wildman–Crippen MR) is 102 cm³/mol. The molecule has 0 spiro atoms. The van der Waals surface area contributed by atoms with Crippen LogP contribution in [0.15, 0.2) is 49.1 Å². The van der Waals surface area contributed by atoms with Gasteiger partial charge in [0.2, 0.25) is 0 Å². The van der Waals surface area contributed by atoms with Gasteiger partial charge in [0.1, 0.15) is 12.7 Å². The molecule has 0 unspecified atom stereocenters. The Hall–Kier alpha value is -3.12. The molecule has 0 aliphatic heterocycles. The number of fused-ring (bicyclic) bond motifs is 1. The first kappa shape index (κ1) is 16.4. The van der Waals surface area contributed by atoms with Crippen molar-refractivity contribution in [2.75, 3.05) is 5.32 Å². The van der Waals surface area contributed by atoms with Crippen LogP contribution in [0.5, 0.6) is 0 Å². The number of hydrogen-bond acceptors (Lipinski definition) is 3. The van der Waals surface area contributed by atoms with E-state index in [4.69, 9.17) is 11.6 Å². The molecule has 4 aromatic rings. The van der Waals surface area contributed by atoms with Crippen LogP contribution >= 0.6 is 11.6 Å². The van der Waals surface area contributed by atoms with Gasteiger partial charge in [0, 0.05) is 27.2 Å². The molecule has 2 N–H and O–H groups in total. The second-order valence-electron chi connectivity index (χ2n) is 6.09. The molecule has 1 amide bonds. The van der Waals surface area contributed by atoms with E-state index in [1.807, 2.05) is 26.0 Å². The van der Waals surface area contributed by atoms with Gasteiger partial charge in [-0.2, -0.15) is 5.10 Å². The van der Waals surface area contributed by atoms with Gasteiger partial charge in [0.25, 0.3) is 5.91 Å². The summed E-state index contributed by atoms with van der Waals surface area (Å²) in [6.07, 6.45) is 3.00. The number of anilines is 1. The number of carbonyl (C=O) groups excluding carboxylic acids is 1. The Morgan fingerprint density at radius 2 is 2.04 bits per heavy atom. The molecule has 4 rings (SSSR count). The molecule has 2 aromatic heterocycles. The molecule has 0 aliphatic rings. The lowest BCUT2D eigenvalue weighted by Gasteiger charge is -2.11. The molecule has 26 heavy (non-hydrogen) atoms. The summed E-state index contributed by atoms with van der Waals surface area (Å²) in [5.41, 5.74) is 5.08. The molecule has 2 heterocycles. The number of halogens is 1. The summed E-state index contributed by atoms with van der Waals surface area (Å²) in [5.74, 6) is -0.214. The van der Waals surface area contributed by atoms with E-state index in [1.165, 1.54) is 6.33 Å². The number of nitrogens with one attached hydrogen (secondary N) is 2. The highest BCUT2D eigenvalue weighted by molar-refractivity contribution is 6.31. The van der Waals surface area contributed by atoms with Crippen molar-refractivity contribution in [2.45, 2.75) is 13.8 Å². The van der Waals surface area contributed by atoms with Crippen LogP contribution in [0.3, 0.4) is 0 Å². The zero-order chi connectivity index (χ0) is 18.3. The maximum atomic E-state index is 12.8. The molecular weight excluding hydrogens is 350 g/mol. The molecule has 7 heteroatoms. The number of benzene rings is 2. The Morgan fingerprint density at radius 3 is 2.81 bits per heavy atom. The Labute approximate surface area is 154 Å². The molecule has 0 bridgehead atoms. The van der Waals surface area contributed by atoms with Crippen molar-refractivity contribution in [1.29, 1.82) is 0 Å². The van der Waals surface area contributed by atoms with Crippen LogP contribution in [0.2, 0.25) is 5.02 Å². The van der Waals surface area contributed by atoms with Gasteiger partial charge in [-0.05, 0) is 55.8 Å². The Morgan fingerprint density at radius 1 is 1.19 bits per heavy atom. The predicted octanol–water partition coefficient (Wildman–Crippen LogP) is 4.27. The van der Waals surface area contributed by atoms with E-state index in [-0.39, 0.29) is 5.91 Å². The van der Waals surface area contributed by atoms with Gasteiger partial charge in [-0.15, -0.1) is 0 Å². The monoisotopic (exact) mass is 365 g/mol. The van der Waals surface area contributed by atoms with E-state index in [0.29, 0.717) is 22.0 Å². The van der Waals surface area contributed by atoms with Gasteiger partial charge in [0.15, 0.2) is 0 Å². The maximum absolute atomic E-state index is 12.8. The lowest BCUT2D eigenvalue weighted by Crippen LogP contribution is -2.14. The Balaban J connectivity index is 1.71. The van der Waals surface area contributed by atoms with Gasteiger partial charge in [0.05, 0.1) is 11.4 Å². The quantitative estimate of drug-likeness (QED) is 0.569. The van der Waals surface area contributed by atoms with Crippen LogP contribution in [0.1, 0.15) is 21.6 Å². The zero-order valence-corrected chi connectivity index (χ0v) is 15.0. The molecule has 0 fully saturated rings. The Kier molecular flexibility index (Phi) is 3.97. The average molecular weight is 366 g/mol. The number of rotatable bonds is 3. The minimum atomic E-state index is -0.214. The number of hydrogen-bond donors (Lipinski definition) is 2. The van der Waals surface area contributed by atoms with E-state index in [0.717, 1.165) is 22.2 Å². The van der Waals surface area contributed by atoms with Crippen molar-refractivity contribution in [1.82, 2.24) is 19.7 Å². The molecule has 130 valence electrons. The second kappa shape index (κ2) is 6.31. The standard InChI is InChI=1S/C19H16ClN5O/c1-11-12(2)23-16-5-3-13(7-15(11)16)19(26)24-17-8-14(20)4-6-18(17)25-10-21-9-22-25/h3-10,23H,1-2H3,(H,24,26). The average Bonchev–Trinajstić information content (AvgIpc) is 3.24. The highest BCUT2D eigenvalue weighted by Gasteiger charge is 2.13. The zero-order valence-electron chi connectivity index (χ0n) is 14.2. The van der Waals surface area contributed by atoms with Crippen molar-refractivity contribution >= 4 is 34.1 Å². The number of amides is 1. The molecule has 0 radical (unpaired) electrons. The molecule has 2 aromatic carbocycles. The summed E-state index contributed by atoms with van der Waals surface area (Å²) in [6, 6.07) is 10.8. The van der Waals surface area contributed by atoms with Crippen molar-refractivity contribution in [3.8, 4) is 5.69 Å². The van der Waals surface area contributed by atoms with Gasteiger partial charge >= 0.3 is 0 Å². The van der Waals surface area contributed by atoms with E-state index in [2.05, 4.69) is 20.4 Å². The first-order valence-electron chi connectivity index (χ1n) is 8.08. The third kappa shape index (κ3) is 2.84. The molecule has 0 saturated heterocycles. The van der Waals surface area contributed by atoms with Crippen molar-refractivity contribution < 1.29 is 4.79 Å². The third-order valence-corrected chi connectivity index (χ3v) is 4.68. The molecule has 6 nitrogen and oxygen atoms in total. The third-order valence-electron chi connectivity index (χ3n) is 4.44. The van der Waals surface area contributed by atoms with Crippen molar-refractivity contribution in [3.63, 3.8) is 0 Å². The Bertz CT molecular complexity index is 1110. The fourth-order valence-electron chi connectivity index (χ4n) is 2.94. The summed E-state index contributed by atoms with van der Waals surface area (Å²) in [4.78, 5) is 20.1. The van der Waals surface area contributed by atoms with Gasteiger partial charge in [-0.1, -0.05) is 11.6 Å². The number of aryl methyl sites for hydroxylation is 2. The van der Waals surface area contributed by atoms with Crippen LogP contribution in [0, 0.1) is 13.8 Å². The first-order valence-corrected chi connectivity index (χ1v) is 8.45. The minimum Gasteiger partial charge on any atom is -0.358 e. The van der Waals surface area contributed by atoms with E-state index < -0.39 is 0 Å². The van der Waals surface area contributed by atoms with Gasteiger partial charge < -0.3 is 10.3 Å². The van der Waals surface area contributed by atoms with Crippen LogP contribution < -0.4 is 5.32 Å². The fraction of sp³-hybridized carbons (Fsp3) is 0.105. The summed E-state index contributed by atoms with van der Waals surface area (Å²) >= 11 is 6.11. The smallest absolute Gasteiger partial charge is 0.255 e. The highest BCUT2D eigenvalue weighted by atomic mass is 35.5. The number of aromatic nitrogens is 4. The van der Waals surface area contributed by atoms with Crippen LogP contribution in [0.4, 0.5) is 5.69 Å². The van der Waals surface area contributed by atoms with Crippen LogP contribution in [0.25, 0.3) is 16.6 Å². The van der Waals surface area contributed by atoms with Gasteiger partial charge in [-0.25, -0.2) is 9.67 Å². The fourth-order valence-corrected chi connectivity index (χ4v) is 3.11. The molecule has 0 saturated carbocycles. The lowest BCUT2D eigenvalue weighted by atomic mass is 10.1. The van der Waals surface area contributed by atoms with E-state index in [1.54, 1.807) is 35.3 Å². The molecule has 0 atom stereocenters. The maximum Gasteiger partial charge on any atom is 0.255 e. The minimum absolute atomic E-state index is 0.214. The molecular formula is C19H16ClN5O. The summed E-state index contributed by atoms with van der Waals surface area (Å²) < 4.78 is 1.58. The number of H-pyrrole nitrogens is 1. The number of nitrogens with zero attached hydrogens (tertiary/aromatic N) is 3. The second-order valence-corrected chi connectivity index (χ2v) is 6.53. The number of aromatic amines is 1. The van der Waals surface area contributed by atoms with Crippen molar-refractivity contribution in [2.24, 2.45) is 0 Å². The summed E-state index contributed by atoms with van der Waals surface area (Å²) in [5, 5.41) is 8.61. The van der Waals surface area contributed by atoms with Crippen LogP contribution in [-0.4, -0.2) is 25.7 Å². The van der Waals surface area contributed by atoms with Crippen LogP contribution in [-0.2, 0) is 0 Å². The molecule has 0 aliphatic carbocycles. The topological polar surface area (TPSA) is 75.6 Å². The normalized spacial score (nSPS) is 11.0. The lowest BCUT2D eigenvalue weighted by molar-refractivity contribution is 0.102.